The van der Waals surface area contributed by atoms with Gasteiger partial charge >= 0.3 is 0 Å². The molecule has 0 aromatic heterocycles. The zero-order valence-electron chi connectivity index (χ0n) is 14.1. The molecule has 4 rings (SSSR count). The summed E-state index contributed by atoms with van der Waals surface area (Å²) in [6, 6.07) is 20.1. The third-order valence-corrected chi connectivity index (χ3v) is 4.82. The quantitative estimate of drug-likeness (QED) is 0.600. The number of phenols is 1. The summed E-state index contributed by atoms with van der Waals surface area (Å²) >= 11 is 0. The van der Waals surface area contributed by atoms with Crippen molar-refractivity contribution in [1.82, 2.24) is 0 Å². The molecule has 3 aromatic carbocycles. The minimum Gasteiger partial charge on any atom is -0.508 e. The van der Waals surface area contributed by atoms with Crippen LogP contribution in [0.4, 0.5) is 8.78 Å². The highest BCUT2D eigenvalue weighted by atomic mass is 19.3. The number of hydrogen-bond acceptors (Lipinski definition) is 1. The van der Waals surface area contributed by atoms with Crippen LogP contribution in [0.25, 0.3) is 11.6 Å². The zero-order chi connectivity index (χ0) is 18.1. The summed E-state index contributed by atoms with van der Waals surface area (Å²) in [4.78, 5) is 0. The predicted molar refractivity (Wildman–Crippen MR) is 100 cm³/mol. The lowest BCUT2D eigenvalue weighted by Crippen LogP contribution is -1.95. The van der Waals surface area contributed by atoms with Crippen LogP contribution in [0.1, 0.15) is 39.8 Å². The van der Waals surface area contributed by atoms with Crippen molar-refractivity contribution in [2.75, 3.05) is 0 Å². The minimum absolute atomic E-state index is 0.0615. The molecule has 0 bridgehead atoms. The zero-order valence-corrected chi connectivity index (χ0v) is 14.1. The first kappa shape index (κ1) is 16.5. The number of aryl methyl sites for hydroxylation is 2. The highest BCUT2D eigenvalue weighted by Gasteiger charge is 2.19. The van der Waals surface area contributed by atoms with E-state index in [-0.39, 0.29) is 11.3 Å². The van der Waals surface area contributed by atoms with Gasteiger partial charge in [0.05, 0.1) is 0 Å². The summed E-state index contributed by atoms with van der Waals surface area (Å²) < 4.78 is 26.3. The van der Waals surface area contributed by atoms with Crippen LogP contribution in [-0.2, 0) is 12.8 Å². The van der Waals surface area contributed by atoms with Crippen LogP contribution in [0.15, 0.2) is 66.7 Å². The molecule has 0 saturated carbocycles. The van der Waals surface area contributed by atoms with Crippen molar-refractivity contribution in [3.05, 3.63) is 100 Å². The Morgan fingerprint density at radius 3 is 2.38 bits per heavy atom. The highest BCUT2D eigenvalue weighted by molar-refractivity contribution is 5.94. The van der Waals surface area contributed by atoms with E-state index in [0.29, 0.717) is 0 Å². The molecule has 0 atom stereocenters. The number of alkyl halides is 2. The molecule has 0 heterocycles. The third-order valence-electron chi connectivity index (χ3n) is 4.82. The average molecular weight is 348 g/mol. The maximum Gasteiger partial charge on any atom is 0.263 e. The molecule has 0 fully saturated rings. The summed E-state index contributed by atoms with van der Waals surface area (Å²) in [5.74, 6) is 0.203. The van der Waals surface area contributed by atoms with Crippen LogP contribution >= 0.6 is 0 Å². The molecule has 0 aliphatic heterocycles. The molecular weight excluding hydrogens is 330 g/mol. The van der Waals surface area contributed by atoms with Gasteiger partial charge in [-0.25, -0.2) is 8.78 Å². The van der Waals surface area contributed by atoms with Gasteiger partial charge in [0.2, 0.25) is 0 Å². The highest BCUT2D eigenvalue weighted by Crippen LogP contribution is 2.36. The monoisotopic (exact) mass is 348 g/mol. The molecule has 3 aromatic rings. The van der Waals surface area contributed by atoms with Gasteiger partial charge < -0.3 is 5.11 Å². The van der Waals surface area contributed by atoms with E-state index in [2.05, 4.69) is 12.1 Å². The first-order valence-electron chi connectivity index (χ1n) is 8.62. The maximum atomic E-state index is 13.1. The third kappa shape index (κ3) is 3.13. The molecule has 1 N–H and O–H groups in total. The van der Waals surface area contributed by atoms with E-state index >= 15 is 0 Å². The Kier molecular flexibility index (Phi) is 4.29. The van der Waals surface area contributed by atoms with Crippen molar-refractivity contribution in [2.24, 2.45) is 0 Å². The Morgan fingerprint density at radius 2 is 1.58 bits per heavy atom. The number of benzene rings is 3. The Bertz CT molecular complexity index is 989. The van der Waals surface area contributed by atoms with E-state index in [1.165, 1.54) is 11.6 Å². The molecule has 0 amide bonds. The van der Waals surface area contributed by atoms with Gasteiger partial charge in [-0.3, -0.25) is 0 Å². The topological polar surface area (TPSA) is 20.2 Å². The van der Waals surface area contributed by atoms with Crippen molar-refractivity contribution in [1.29, 1.82) is 0 Å². The molecule has 1 aliphatic rings. The van der Waals surface area contributed by atoms with Crippen molar-refractivity contribution in [2.45, 2.75) is 19.3 Å². The molecule has 0 radical (unpaired) electrons. The van der Waals surface area contributed by atoms with Gasteiger partial charge in [-0.15, -0.1) is 0 Å². The van der Waals surface area contributed by atoms with Crippen LogP contribution in [0.2, 0.25) is 0 Å². The van der Waals surface area contributed by atoms with Gasteiger partial charge in [0.1, 0.15) is 5.75 Å². The van der Waals surface area contributed by atoms with Crippen molar-refractivity contribution >= 4 is 11.6 Å². The van der Waals surface area contributed by atoms with Gasteiger partial charge in [0.25, 0.3) is 6.43 Å². The SMILES string of the molecule is Oc1cccc(/C=C2/c3ccccc3CCc3cc(C(F)F)ccc32)c1. The largest absolute Gasteiger partial charge is 0.508 e. The normalized spacial score (nSPS) is 14.8. The number of aromatic hydroxyl groups is 1. The van der Waals surface area contributed by atoms with E-state index in [9.17, 15) is 13.9 Å². The van der Waals surface area contributed by atoms with Gasteiger partial charge in [0.15, 0.2) is 0 Å². The first-order valence-corrected chi connectivity index (χ1v) is 8.62. The molecule has 26 heavy (non-hydrogen) atoms. The van der Waals surface area contributed by atoms with Crippen molar-refractivity contribution in [3.8, 4) is 5.75 Å². The van der Waals surface area contributed by atoms with Gasteiger partial charge in [0, 0.05) is 5.56 Å². The molecular formula is C23H18F2O. The van der Waals surface area contributed by atoms with Crippen LogP contribution in [0.5, 0.6) is 5.75 Å². The van der Waals surface area contributed by atoms with Crippen LogP contribution < -0.4 is 0 Å². The Labute approximate surface area is 151 Å². The molecule has 0 spiro atoms. The second-order valence-electron chi connectivity index (χ2n) is 6.53. The predicted octanol–water partition coefficient (Wildman–Crippen LogP) is 6.02. The van der Waals surface area contributed by atoms with Gasteiger partial charge in [-0.1, -0.05) is 48.5 Å². The summed E-state index contributed by atoms with van der Waals surface area (Å²) in [5, 5.41) is 9.77. The van der Waals surface area contributed by atoms with Crippen LogP contribution in [0.3, 0.4) is 0 Å². The van der Waals surface area contributed by atoms with E-state index in [1.807, 2.05) is 24.3 Å². The van der Waals surface area contributed by atoms with E-state index in [4.69, 9.17) is 0 Å². The van der Waals surface area contributed by atoms with Crippen LogP contribution in [-0.4, -0.2) is 5.11 Å². The lowest BCUT2D eigenvalue weighted by molar-refractivity contribution is 0.151. The minimum atomic E-state index is -2.47. The second-order valence-corrected chi connectivity index (χ2v) is 6.53. The smallest absolute Gasteiger partial charge is 0.263 e. The van der Waals surface area contributed by atoms with Crippen molar-refractivity contribution < 1.29 is 13.9 Å². The van der Waals surface area contributed by atoms with Gasteiger partial charge in [-0.05, 0) is 70.5 Å². The fourth-order valence-corrected chi connectivity index (χ4v) is 3.57. The maximum absolute atomic E-state index is 13.1. The number of hydrogen-bond donors (Lipinski definition) is 1. The summed E-state index contributed by atoms with van der Waals surface area (Å²) in [6.45, 7) is 0. The lowest BCUT2D eigenvalue weighted by Gasteiger charge is -2.13. The summed E-state index contributed by atoms with van der Waals surface area (Å²) in [5.41, 5.74) is 6.16. The van der Waals surface area contributed by atoms with E-state index in [1.54, 1.807) is 30.3 Å². The number of rotatable bonds is 2. The molecule has 0 unspecified atom stereocenters. The lowest BCUT2D eigenvalue weighted by atomic mass is 9.91. The number of phenolic OH excluding ortho intramolecular Hbond substituents is 1. The Balaban J connectivity index is 1.94. The molecule has 130 valence electrons. The Morgan fingerprint density at radius 1 is 0.808 bits per heavy atom. The van der Waals surface area contributed by atoms with E-state index in [0.717, 1.165) is 40.7 Å². The van der Waals surface area contributed by atoms with Crippen molar-refractivity contribution in [3.63, 3.8) is 0 Å². The fourth-order valence-electron chi connectivity index (χ4n) is 3.57. The van der Waals surface area contributed by atoms with Crippen LogP contribution in [0, 0.1) is 0 Å². The summed E-state index contributed by atoms with van der Waals surface area (Å²) in [7, 11) is 0. The van der Waals surface area contributed by atoms with E-state index < -0.39 is 6.43 Å². The molecule has 1 nitrogen and oxygen atoms in total. The fraction of sp³-hybridized carbons (Fsp3) is 0.130. The summed E-state index contributed by atoms with van der Waals surface area (Å²) in [6.07, 6.45) is 1.09. The number of halogens is 2. The second kappa shape index (κ2) is 6.75. The molecule has 3 heteroatoms. The Hall–Kier alpha value is -2.94. The first-order chi connectivity index (χ1) is 12.6. The standard InChI is InChI=1S/C23H18F2O/c24-23(25)18-10-11-21-17(14-18)9-8-16-5-1-2-7-20(16)22(21)13-15-4-3-6-19(26)12-15/h1-7,10-14,23,26H,8-9H2/b22-13-. The molecule has 0 saturated heterocycles. The number of fused-ring (bicyclic) bond motifs is 2. The average Bonchev–Trinajstić information content (AvgIpc) is 2.79. The molecule has 1 aliphatic carbocycles. The van der Waals surface area contributed by atoms with Gasteiger partial charge in [-0.2, -0.15) is 0 Å².